The number of hydrogen-bond donors (Lipinski definition) is 2. The van der Waals surface area contributed by atoms with Crippen LogP contribution in [-0.4, -0.2) is 29.7 Å². The third-order valence-electron chi connectivity index (χ3n) is 3.25. The average molecular weight is 274 g/mol. The smallest absolute Gasteiger partial charge is 0.166 e. The second-order valence-electron chi connectivity index (χ2n) is 4.79. The van der Waals surface area contributed by atoms with E-state index in [0.717, 1.165) is 11.7 Å². The van der Waals surface area contributed by atoms with Gasteiger partial charge in [-0.15, -0.1) is 0 Å². The zero-order valence-corrected chi connectivity index (χ0v) is 12.6. The van der Waals surface area contributed by atoms with E-state index in [1.54, 1.807) is 0 Å². The third-order valence-corrected chi connectivity index (χ3v) is 4.21. The first kappa shape index (κ1) is 15.1. The lowest BCUT2D eigenvalue weighted by Gasteiger charge is -2.15. The topological polar surface area (TPSA) is 24.1 Å². The molecule has 0 radical (unpaired) electrons. The second kappa shape index (κ2) is 10.0. The summed E-state index contributed by atoms with van der Waals surface area (Å²) < 4.78 is 0. The molecule has 0 spiro atoms. The van der Waals surface area contributed by atoms with Crippen molar-refractivity contribution >= 4 is 29.1 Å². The molecule has 0 aromatic rings. The van der Waals surface area contributed by atoms with Crippen molar-refractivity contribution in [3.63, 3.8) is 0 Å². The van der Waals surface area contributed by atoms with Gasteiger partial charge in [-0.2, -0.15) is 11.8 Å². The van der Waals surface area contributed by atoms with Gasteiger partial charge in [0.1, 0.15) is 0 Å². The maximum Gasteiger partial charge on any atom is 0.166 e. The van der Waals surface area contributed by atoms with E-state index < -0.39 is 0 Å². The molecule has 4 heteroatoms. The summed E-state index contributed by atoms with van der Waals surface area (Å²) >= 11 is 7.23. The Balaban J connectivity index is 1.86. The van der Waals surface area contributed by atoms with Crippen LogP contribution in [0.15, 0.2) is 0 Å². The molecule has 0 saturated heterocycles. The number of hydrogen-bond acceptors (Lipinski definition) is 2. The molecule has 1 fully saturated rings. The minimum atomic E-state index is 0.636. The maximum absolute atomic E-state index is 5.28. The van der Waals surface area contributed by atoms with E-state index in [1.165, 1.54) is 57.1 Å². The lowest BCUT2D eigenvalue weighted by Crippen LogP contribution is -2.40. The molecular weight excluding hydrogens is 248 g/mol. The normalized spacial score (nSPS) is 16.1. The monoisotopic (exact) mass is 274 g/mol. The summed E-state index contributed by atoms with van der Waals surface area (Å²) in [6.45, 7) is 1.03. The van der Waals surface area contributed by atoms with E-state index in [0.29, 0.717) is 6.04 Å². The fourth-order valence-electron chi connectivity index (χ4n) is 2.23. The molecule has 0 aliphatic heterocycles. The van der Waals surface area contributed by atoms with Gasteiger partial charge in [0, 0.05) is 12.6 Å². The molecule has 17 heavy (non-hydrogen) atoms. The number of thioether (sulfide) groups is 1. The van der Waals surface area contributed by atoms with Crippen LogP contribution in [0.5, 0.6) is 0 Å². The van der Waals surface area contributed by atoms with Gasteiger partial charge < -0.3 is 10.6 Å². The summed E-state index contributed by atoms with van der Waals surface area (Å²) in [6.07, 6.45) is 12.7. The highest BCUT2D eigenvalue weighted by atomic mass is 32.2. The van der Waals surface area contributed by atoms with Crippen molar-refractivity contribution in [1.82, 2.24) is 10.6 Å². The van der Waals surface area contributed by atoms with E-state index >= 15 is 0 Å². The van der Waals surface area contributed by atoms with Gasteiger partial charge in [-0.05, 0) is 49.9 Å². The van der Waals surface area contributed by atoms with Gasteiger partial charge in [-0.1, -0.05) is 25.7 Å². The second-order valence-corrected chi connectivity index (χ2v) is 6.18. The first-order chi connectivity index (χ1) is 8.33. The van der Waals surface area contributed by atoms with E-state index in [1.807, 2.05) is 11.8 Å². The van der Waals surface area contributed by atoms with Gasteiger partial charge in [0.15, 0.2) is 5.11 Å². The molecule has 0 bridgehead atoms. The van der Waals surface area contributed by atoms with E-state index in [-0.39, 0.29) is 0 Å². The van der Waals surface area contributed by atoms with Gasteiger partial charge in [0.25, 0.3) is 0 Å². The standard InChI is InChI=1S/C13H26N2S2/c1-17-11-7-3-2-6-10-14-13(16)15-12-8-4-5-9-12/h12H,2-11H2,1H3,(H2,14,15,16). The minimum absolute atomic E-state index is 0.636. The van der Waals surface area contributed by atoms with Crippen molar-refractivity contribution in [3.05, 3.63) is 0 Å². The largest absolute Gasteiger partial charge is 0.363 e. The summed E-state index contributed by atoms with van der Waals surface area (Å²) in [7, 11) is 0. The molecule has 1 rings (SSSR count). The van der Waals surface area contributed by atoms with Crippen LogP contribution in [0, 0.1) is 0 Å². The molecule has 0 heterocycles. The minimum Gasteiger partial charge on any atom is -0.363 e. The highest BCUT2D eigenvalue weighted by Gasteiger charge is 2.14. The Labute approximate surface area is 116 Å². The van der Waals surface area contributed by atoms with Crippen LogP contribution in [0.1, 0.15) is 51.4 Å². The fraction of sp³-hybridized carbons (Fsp3) is 0.923. The lowest BCUT2D eigenvalue weighted by atomic mass is 10.2. The van der Waals surface area contributed by atoms with Crippen LogP contribution in [0.2, 0.25) is 0 Å². The van der Waals surface area contributed by atoms with Crippen molar-refractivity contribution < 1.29 is 0 Å². The molecule has 0 aromatic heterocycles. The predicted octanol–water partition coefficient (Wildman–Crippen LogP) is 3.32. The Morgan fingerprint density at radius 1 is 1.18 bits per heavy atom. The van der Waals surface area contributed by atoms with Crippen molar-refractivity contribution in [1.29, 1.82) is 0 Å². The van der Waals surface area contributed by atoms with E-state index in [4.69, 9.17) is 12.2 Å². The quantitative estimate of drug-likeness (QED) is 0.524. The Morgan fingerprint density at radius 2 is 1.88 bits per heavy atom. The Hall–Kier alpha value is 0.0400. The van der Waals surface area contributed by atoms with Gasteiger partial charge in [0.05, 0.1) is 0 Å². The summed E-state index contributed by atoms with van der Waals surface area (Å²) in [4.78, 5) is 0. The van der Waals surface area contributed by atoms with Crippen LogP contribution in [0.25, 0.3) is 0 Å². The predicted molar refractivity (Wildman–Crippen MR) is 82.8 cm³/mol. The van der Waals surface area contributed by atoms with Crippen LogP contribution < -0.4 is 10.6 Å². The van der Waals surface area contributed by atoms with Crippen LogP contribution >= 0.6 is 24.0 Å². The maximum atomic E-state index is 5.28. The summed E-state index contributed by atoms with van der Waals surface area (Å²) in [5.74, 6) is 1.30. The van der Waals surface area contributed by atoms with Crippen molar-refractivity contribution in [2.75, 3.05) is 18.6 Å². The summed E-state index contributed by atoms with van der Waals surface area (Å²) in [5, 5.41) is 7.58. The molecule has 1 saturated carbocycles. The average Bonchev–Trinajstić information content (AvgIpc) is 2.80. The molecular formula is C13H26N2S2. The summed E-state index contributed by atoms with van der Waals surface area (Å²) in [6, 6.07) is 0.636. The zero-order chi connectivity index (χ0) is 12.3. The molecule has 100 valence electrons. The van der Waals surface area contributed by atoms with Crippen LogP contribution in [0.3, 0.4) is 0 Å². The molecule has 0 atom stereocenters. The van der Waals surface area contributed by atoms with Gasteiger partial charge >= 0.3 is 0 Å². The van der Waals surface area contributed by atoms with Crippen molar-refractivity contribution in [3.8, 4) is 0 Å². The Morgan fingerprint density at radius 3 is 2.59 bits per heavy atom. The number of rotatable bonds is 8. The van der Waals surface area contributed by atoms with E-state index in [9.17, 15) is 0 Å². The zero-order valence-electron chi connectivity index (χ0n) is 11.0. The van der Waals surface area contributed by atoms with Crippen LogP contribution in [0.4, 0.5) is 0 Å². The van der Waals surface area contributed by atoms with Gasteiger partial charge in [0.2, 0.25) is 0 Å². The molecule has 2 N–H and O–H groups in total. The summed E-state index contributed by atoms with van der Waals surface area (Å²) in [5.41, 5.74) is 0. The Kier molecular flexibility index (Phi) is 8.89. The van der Waals surface area contributed by atoms with Crippen molar-refractivity contribution in [2.24, 2.45) is 0 Å². The Bertz CT molecular complexity index is 204. The van der Waals surface area contributed by atoms with Gasteiger partial charge in [-0.25, -0.2) is 0 Å². The number of unbranched alkanes of at least 4 members (excludes halogenated alkanes) is 3. The SMILES string of the molecule is CSCCCCCCNC(=S)NC1CCCC1. The number of thiocarbonyl (C=S) groups is 1. The van der Waals surface area contributed by atoms with E-state index in [2.05, 4.69) is 16.9 Å². The first-order valence-electron chi connectivity index (χ1n) is 6.86. The van der Waals surface area contributed by atoms with Crippen molar-refractivity contribution in [2.45, 2.75) is 57.4 Å². The lowest BCUT2D eigenvalue weighted by molar-refractivity contribution is 0.609. The van der Waals surface area contributed by atoms with Gasteiger partial charge in [-0.3, -0.25) is 0 Å². The highest BCUT2D eigenvalue weighted by Crippen LogP contribution is 2.17. The fourth-order valence-corrected chi connectivity index (χ4v) is 2.99. The molecule has 0 amide bonds. The molecule has 0 unspecified atom stereocenters. The molecule has 2 nitrogen and oxygen atoms in total. The first-order valence-corrected chi connectivity index (χ1v) is 8.66. The highest BCUT2D eigenvalue weighted by molar-refractivity contribution is 7.98. The van der Waals surface area contributed by atoms with Crippen LogP contribution in [-0.2, 0) is 0 Å². The molecule has 1 aliphatic rings. The molecule has 1 aliphatic carbocycles. The number of nitrogens with one attached hydrogen (secondary N) is 2. The molecule has 0 aromatic carbocycles. The third kappa shape index (κ3) is 7.87.